The summed E-state index contributed by atoms with van der Waals surface area (Å²) in [6, 6.07) is 30.7. The third-order valence-corrected chi connectivity index (χ3v) is 9.92. The van der Waals surface area contributed by atoms with Crippen LogP contribution in [0.15, 0.2) is 91.1 Å². The summed E-state index contributed by atoms with van der Waals surface area (Å²) >= 11 is 0. The molecule has 8 aromatic rings. The molecule has 6 nitrogen and oxygen atoms in total. The summed E-state index contributed by atoms with van der Waals surface area (Å²) in [5.74, 6) is 0. The second-order valence-corrected chi connectivity index (χ2v) is 16.6. The first-order chi connectivity index (χ1) is 23.2. The molecule has 246 valence electrons. The Morgan fingerprint density at radius 1 is 0.592 bits per heavy atom. The van der Waals surface area contributed by atoms with Crippen LogP contribution in [-0.2, 0) is 16.2 Å². The molecule has 4 aromatic carbocycles. The molecule has 0 unspecified atom stereocenters. The van der Waals surface area contributed by atoms with Crippen molar-refractivity contribution in [1.29, 1.82) is 0 Å². The van der Waals surface area contributed by atoms with Crippen molar-refractivity contribution in [3.63, 3.8) is 0 Å². The van der Waals surface area contributed by atoms with Gasteiger partial charge in [0, 0.05) is 32.6 Å². The summed E-state index contributed by atoms with van der Waals surface area (Å²) in [5.41, 5.74) is 12.6. The first kappa shape index (κ1) is 31.1. The van der Waals surface area contributed by atoms with E-state index in [-0.39, 0.29) is 16.2 Å². The summed E-state index contributed by atoms with van der Waals surface area (Å²) in [5, 5.41) is 17.6. The van der Waals surface area contributed by atoms with E-state index in [1.54, 1.807) is 0 Å². The Hall–Kier alpha value is -5.23. The van der Waals surface area contributed by atoms with E-state index in [0.29, 0.717) is 0 Å². The summed E-state index contributed by atoms with van der Waals surface area (Å²) < 4.78 is 2.13. The number of aromatic nitrogens is 6. The number of para-hydroxylation sites is 2. The molecule has 0 saturated heterocycles. The lowest BCUT2D eigenvalue weighted by atomic mass is 9.84. The number of benzene rings is 4. The van der Waals surface area contributed by atoms with E-state index in [4.69, 9.17) is 10.1 Å². The van der Waals surface area contributed by atoms with Gasteiger partial charge >= 0.3 is 0 Å². The first-order valence-corrected chi connectivity index (χ1v) is 17.2. The molecule has 0 saturated carbocycles. The molecule has 49 heavy (non-hydrogen) atoms. The van der Waals surface area contributed by atoms with Crippen LogP contribution in [-0.4, -0.2) is 29.9 Å². The highest BCUT2D eigenvalue weighted by atomic mass is 15.3. The van der Waals surface area contributed by atoms with Crippen LogP contribution in [0.2, 0.25) is 0 Å². The number of H-pyrrole nitrogens is 2. The number of hydrogen-bond donors (Lipinski definition) is 2. The van der Waals surface area contributed by atoms with Crippen molar-refractivity contribution in [3.05, 3.63) is 108 Å². The largest absolute Gasteiger partial charge is 0.353 e. The van der Waals surface area contributed by atoms with Crippen molar-refractivity contribution in [2.75, 3.05) is 0 Å². The van der Waals surface area contributed by atoms with Gasteiger partial charge in [-0.15, -0.1) is 0 Å². The maximum absolute atomic E-state index is 5.45. The maximum Gasteiger partial charge on any atom is 0.119 e. The molecule has 4 aromatic heterocycles. The van der Waals surface area contributed by atoms with Gasteiger partial charge in [0.2, 0.25) is 0 Å². The maximum atomic E-state index is 5.45. The van der Waals surface area contributed by atoms with Crippen LogP contribution in [0.25, 0.3) is 71.9 Å². The van der Waals surface area contributed by atoms with Gasteiger partial charge in [-0.3, -0.25) is 5.10 Å². The molecular weight excluding hydrogens is 601 g/mol. The molecule has 0 bridgehead atoms. The molecule has 2 N–H and O–H groups in total. The van der Waals surface area contributed by atoms with E-state index in [2.05, 4.69) is 167 Å². The van der Waals surface area contributed by atoms with Gasteiger partial charge in [-0.1, -0.05) is 105 Å². The summed E-state index contributed by atoms with van der Waals surface area (Å²) in [4.78, 5) is 9.13. The lowest BCUT2D eigenvalue weighted by Gasteiger charge is -2.21. The van der Waals surface area contributed by atoms with Gasteiger partial charge in [0.25, 0.3) is 0 Å². The van der Waals surface area contributed by atoms with E-state index in [1.807, 2.05) is 6.20 Å². The molecule has 0 atom stereocenters. The Morgan fingerprint density at radius 2 is 1.29 bits per heavy atom. The molecule has 0 spiro atoms. The minimum Gasteiger partial charge on any atom is -0.353 e. The van der Waals surface area contributed by atoms with Gasteiger partial charge in [0.15, 0.2) is 0 Å². The summed E-state index contributed by atoms with van der Waals surface area (Å²) in [7, 11) is 0. The zero-order valence-electron chi connectivity index (χ0n) is 29.9. The molecule has 0 fully saturated rings. The average Bonchev–Trinajstić information content (AvgIpc) is 3.78. The fourth-order valence-electron chi connectivity index (χ4n) is 6.89. The van der Waals surface area contributed by atoms with E-state index in [9.17, 15) is 0 Å². The Morgan fingerprint density at radius 3 is 2.04 bits per heavy atom. The van der Waals surface area contributed by atoms with Crippen LogP contribution in [0.4, 0.5) is 0 Å². The Labute approximate surface area is 287 Å². The average molecular weight is 645 g/mol. The number of nitrogens with one attached hydrogen (secondary N) is 2. The van der Waals surface area contributed by atoms with Gasteiger partial charge < -0.3 is 4.98 Å². The summed E-state index contributed by atoms with van der Waals surface area (Å²) in [6.07, 6.45) is 1.86. The van der Waals surface area contributed by atoms with Crippen LogP contribution >= 0.6 is 0 Å². The topological polar surface area (TPSA) is 75.2 Å². The fraction of sp³-hybridized carbons (Fsp3) is 0.279. The van der Waals surface area contributed by atoms with Crippen molar-refractivity contribution < 1.29 is 0 Å². The van der Waals surface area contributed by atoms with E-state index in [1.165, 1.54) is 27.5 Å². The minimum absolute atomic E-state index is 0.0473. The molecule has 4 heterocycles. The number of pyridine rings is 1. The molecule has 8 rings (SSSR count). The molecule has 6 heteroatoms. The van der Waals surface area contributed by atoms with Gasteiger partial charge in [-0.05, 0) is 75.4 Å². The Bertz CT molecular complexity index is 2550. The number of fused-ring (bicyclic) bond motifs is 5. The zero-order valence-corrected chi connectivity index (χ0v) is 29.9. The highest BCUT2D eigenvalue weighted by molar-refractivity contribution is 6.11. The standard InChI is InChI=1S/C43H44N6/c1-41(2,3)26-17-18-33-31(19-26)32-20-27(42(4,5)6)23-37(40(32)46-33)49-36-16-11-10-14-30(36)39(48-49)35-22-28(43(7,8)9)21-34(45-35)29-15-12-13-25-24-44-47-38(25)29/h10-24,46H,1-9H3,(H,44,47). The third kappa shape index (κ3) is 5.21. The predicted octanol–water partition coefficient (Wildman–Crippen LogP) is 11.2. The molecule has 0 radical (unpaired) electrons. The molecule has 0 aliphatic heterocycles. The zero-order chi connectivity index (χ0) is 34.5. The van der Waals surface area contributed by atoms with Crippen molar-refractivity contribution in [2.24, 2.45) is 0 Å². The van der Waals surface area contributed by atoms with E-state index in [0.717, 1.165) is 61.2 Å². The van der Waals surface area contributed by atoms with Gasteiger partial charge in [0.1, 0.15) is 5.69 Å². The van der Waals surface area contributed by atoms with Gasteiger partial charge in [0.05, 0.1) is 39.8 Å². The van der Waals surface area contributed by atoms with Crippen LogP contribution in [0.1, 0.15) is 79.0 Å². The van der Waals surface area contributed by atoms with Crippen molar-refractivity contribution >= 4 is 43.6 Å². The van der Waals surface area contributed by atoms with Crippen LogP contribution in [0, 0.1) is 0 Å². The SMILES string of the molecule is CC(C)(C)c1cc(-c2nn(-c3cc(C(C)(C)C)cc4c3[nH]c3ccc(C(C)(C)C)cc34)c3ccccc23)nc(-c2cccc3cn[nH]c23)c1. The number of nitrogens with zero attached hydrogens (tertiary/aromatic N) is 4. The lowest BCUT2D eigenvalue weighted by Crippen LogP contribution is -2.12. The lowest BCUT2D eigenvalue weighted by molar-refractivity contribution is 0.590. The van der Waals surface area contributed by atoms with Crippen LogP contribution in [0.5, 0.6) is 0 Å². The molecular formula is C43H44N6. The van der Waals surface area contributed by atoms with Crippen molar-refractivity contribution in [3.8, 4) is 28.3 Å². The number of hydrogen-bond acceptors (Lipinski definition) is 3. The van der Waals surface area contributed by atoms with E-state index < -0.39 is 0 Å². The minimum atomic E-state index is -0.101. The van der Waals surface area contributed by atoms with Gasteiger partial charge in [-0.25, -0.2) is 9.67 Å². The highest BCUT2D eigenvalue weighted by Gasteiger charge is 2.25. The van der Waals surface area contributed by atoms with Crippen molar-refractivity contribution in [2.45, 2.75) is 78.6 Å². The second kappa shape index (κ2) is 10.6. The smallest absolute Gasteiger partial charge is 0.119 e. The molecule has 0 aliphatic rings. The number of aromatic amines is 2. The predicted molar refractivity (Wildman–Crippen MR) is 205 cm³/mol. The third-order valence-electron chi connectivity index (χ3n) is 9.92. The monoisotopic (exact) mass is 644 g/mol. The van der Waals surface area contributed by atoms with Crippen LogP contribution < -0.4 is 0 Å². The first-order valence-electron chi connectivity index (χ1n) is 17.2. The summed E-state index contributed by atoms with van der Waals surface area (Å²) in [6.45, 7) is 20.4. The van der Waals surface area contributed by atoms with Gasteiger partial charge in [-0.2, -0.15) is 10.2 Å². The highest BCUT2D eigenvalue weighted by Crippen LogP contribution is 2.40. The Balaban J connectivity index is 1.42. The van der Waals surface area contributed by atoms with Crippen molar-refractivity contribution in [1.82, 2.24) is 29.9 Å². The second-order valence-electron chi connectivity index (χ2n) is 16.6. The quantitative estimate of drug-likeness (QED) is 0.201. The fourth-order valence-corrected chi connectivity index (χ4v) is 6.89. The number of rotatable bonds is 3. The molecule has 0 aliphatic carbocycles. The Kier molecular flexibility index (Phi) is 6.74. The van der Waals surface area contributed by atoms with E-state index >= 15 is 0 Å². The molecule has 0 amide bonds. The van der Waals surface area contributed by atoms with Crippen LogP contribution in [0.3, 0.4) is 0 Å². The normalized spacial score (nSPS) is 13.0.